The zero-order chi connectivity index (χ0) is 13.5. The minimum absolute atomic E-state index is 0.0165. The number of hydrogen-bond acceptors (Lipinski definition) is 3. The normalized spacial score (nSPS) is 12.8. The fraction of sp³-hybridized carbons (Fsp3) is 0.600. The van der Waals surface area contributed by atoms with Crippen LogP contribution in [0, 0.1) is 12.8 Å². The van der Waals surface area contributed by atoms with Crippen molar-refractivity contribution in [2.24, 2.45) is 11.7 Å². The first kappa shape index (κ1) is 15.0. The maximum absolute atomic E-state index is 5.92. The van der Waals surface area contributed by atoms with Crippen molar-refractivity contribution in [3.05, 3.63) is 29.3 Å². The molecule has 0 saturated carbocycles. The Morgan fingerprint density at radius 1 is 1.17 bits per heavy atom. The van der Waals surface area contributed by atoms with Gasteiger partial charge in [0.15, 0.2) is 0 Å². The van der Waals surface area contributed by atoms with Crippen LogP contribution in [0.25, 0.3) is 0 Å². The van der Waals surface area contributed by atoms with E-state index in [-0.39, 0.29) is 6.04 Å². The van der Waals surface area contributed by atoms with Gasteiger partial charge in [0.25, 0.3) is 0 Å². The SMILES string of the molecule is Cc1ccc([C@@H](C)N)c(OCCOCC(C)C)c1. The first-order valence-electron chi connectivity index (χ1n) is 6.57. The van der Waals surface area contributed by atoms with Gasteiger partial charge in [0.1, 0.15) is 12.4 Å². The van der Waals surface area contributed by atoms with Gasteiger partial charge in [-0.05, 0) is 31.4 Å². The molecular formula is C15H25NO2. The van der Waals surface area contributed by atoms with Crippen molar-refractivity contribution in [2.75, 3.05) is 19.8 Å². The summed E-state index contributed by atoms with van der Waals surface area (Å²) in [4.78, 5) is 0. The van der Waals surface area contributed by atoms with Crippen LogP contribution in [0.15, 0.2) is 18.2 Å². The molecule has 3 heteroatoms. The number of ether oxygens (including phenoxy) is 2. The van der Waals surface area contributed by atoms with Crippen molar-refractivity contribution in [1.29, 1.82) is 0 Å². The van der Waals surface area contributed by atoms with Gasteiger partial charge < -0.3 is 15.2 Å². The summed E-state index contributed by atoms with van der Waals surface area (Å²) < 4.78 is 11.2. The lowest BCUT2D eigenvalue weighted by Gasteiger charge is -2.15. The minimum atomic E-state index is -0.0165. The van der Waals surface area contributed by atoms with Crippen LogP contribution in [0.2, 0.25) is 0 Å². The second-order valence-electron chi connectivity index (χ2n) is 5.15. The number of nitrogens with two attached hydrogens (primary N) is 1. The molecule has 0 fully saturated rings. The van der Waals surface area contributed by atoms with Gasteiger partial charge in [-0.3, -0.25) is 0 Å². The summed E-state index contributed by atoms with van der Waals surface area (Å²) in [6.07, 6.45) is 0. The molecule has 1 rings (SSSR count). The van der Waals surface area contributed by atoms with Crippen LogP contribution in [0.5, 0.6) is 5.75 Å². The summed E-state index contributed by atoms with van der Waals surface area (Å²) in [5.41, 5.74) is 8.15. The van der Waals surface area contributed by atoms with Crippen molar-refractivity contribution >= 4 is 0 Å². The van der Waals surface area contributed by atoms with E-state index < -0.39 is 0 Å². The highest BCUT2D eigenvalue weighted by molar-refractivity contribution is 5.38. The van der Waals surface area contributed by atoms with Crippen LogP contribution in [-0.2, 0) is 4.74 Å². The van der Waals surface area contributed by atoms with Crippen LogP contribution in [0.3, 0.4) is 0 Å². The lowest BCUT2D eigenvalue weighted by molar-refractivity contribution is 0.0815. The summed E-state index contributed by atoms with van der Waals surface area (Å²) in [6, 6.07) is 6.10. The molecule has 3 nitrogen and oxygen atoms in total. The molecular weight excluding hydrogens is 226 g/mol. The third-order valence-electron chi connectivity index (χ3n) is 2.60. The van der Waals surface area contributed by atoms with E-state index in [1.54, 1.807) is 0 Å². The maximum Gasteiger partial charge on any atom is 0.124 e. The van der Waals surface area contributed by atoms with Gasteiger partial charge in [-0.25, -0.2) is 0 Å². The molecule has 0 aromatic heterocycles. The molecule has 0 amide bonds. The van der Waals surface area contributed by atoms with E-state index in [1.807, 2.05) is 26.0 Å². The standard InChI is InChI=1S/C15H25NO2/c1-11(2)10-17-7-8-18-15-9-12(3)5-6-14(15)13(4)16/h5-6,9,11,13H,7-8,10,16H2,1-4H3/t13-/m1/s1. The summed E-state index contributed by atoms with van der Waals surface area (Å²) in [7, 11) is 0. The predicted molar refractivity (Wildman–Crippen MR) is 74.9 cm³/mol. The number of aryl methyl sites for hydroxylation is 1. The van der Waals surface area contributed by atoms with E-state index in [0.29, 0.717) is 19.1 Å². The average molecular weight is 251 g/mol. The molecule has 0 aliphatic rings. The topological polar surface area (TPSA) is 44.5 Å². The first-order valence-corrected chi connectivity index (χ1v) is 6.57. The lowest BCUT2D eigenvalue weighted by Crippen LogP contribution is -2.13. The molecule has 0 aliphatic carbocycles. The molecule has 0 saturated heterocycles. The van der Waals surface area contributed by atoms with Crippen molar-refractivity contribution in [3.8, 4) is 5.75 Å². The van der Waals surface area contributed by atoms with Crippen molar-refractivity contribution in [2.45, 2.75) is 33.7 Å². The molecule has 0 radical (unpaired) electrons. The largest absolute Gasteiger partial charge is 0.491 e. The third-order valence-corrected chi connectivity index (χ3v) is 2.60. The molecule has 102 valence electrons. The number of rotatable bonds is 7. The zero-order valence-corrected chi connectivity index (χ0v) is 11.9. The van der Waals surface area contributed by atoms with Gasteiger partial charge in [0.2, 0.25) is 0 Å². The summed E-state index contributed by atoms with van der Waals surface area (Å²) >= 11 is 0. The predicted octanol–water partition coefficient (Wildman–Crippen LogP) is 3.07. The van der Waals surface area contributed by atoms with E-state index in [1.165, 1.54) is 5.56 Å². The van der Waals surface area contributed by atoms with Gasteiger partial charge in [0.05, 0.1) is 6.61 Å². The van der Waals surface area contributed by atoms with Crippen molar-refractivity contribution < 1.29 is 9.47 Å². The Morgan fingerprint density at radius 2 is 1.89 bits per heavy atom. The summed E-state index contributed by atoms with van der Waals surface area (Å²) in [5, 5.41) is 0. The van der Waals surface area contributed by atoms with E-state index in [9.17, 15) is 0 Å². The van der Waals surface area contributed by atoms with Crippen LogP contribution in [-0.4, -0.2) is 19.8 Å². The third kappa shape index (κ3) is 5.07. The van der Waals surface area contributed by atoms with E-state index in [0.717, 1.165) is 17.9 Å². The van der Waals surface area contributed by atoms with Crippen LogP contribution >= 0.6 is 0 Å². The van der Waals surface area contributed by atoms with Gasteiger partial charge >= 0.3 is 0 Å². The van der Waals surface area contributed by atoms with Crippen molar-refractivity contribution in [1.82, 2.24) is 0 Å². The molecule has 18 heavy (non-hydrogen) atoms. The molecule has 0 spiro atoms. The van der Waals surface area contributed by atoms with Gasteiger partial charge in [-0.1, -0.05) is 26.0 Å². The molecule has 1 atom stereocenters. The molecule has 0 unspecified atom stereocenters. The van der Waals surface area contributed by atoms with E-state index in [2.05, 4.69) is 19.9 Å². The Bertz CT molecular complexity index is 362. The fourth-order valence-corrected chi connectivity index (χ4v) is 1.67. The Labute approximate surface area is 110 Å². The second kappa shape index (κ2) is 7.39. The van der Waals surface area contributed by atoms with E-state index in [4.69, 9.17) is 15.2 Å². The molecule has 0 heterocycles. The van der Waals surface area contributed by atoms with E-state index >= 15 is 0 Å². The average Bonchev–Trinajstić information content (AvgIpc) is 2.27. The zero-order valence-electron chi connectivity index (χ0n) is 11.9. The van der Waals surface area contributed by atoms with Crippen LogP contribution in [0.1, 0.15) is 37.9 Å². The maximum atomic E-state index is 5.92. The summed E-state index contributed by atoms with van der Waals surface area (Å²) in [6.45, 7) is 10.2. The Balaban J connectivity index is 2.48. The Morgan fingerprint density at radius 3 is 2.50 bits per heavy atom. The molecule has 1 aromatic rings. The molecule has 2 N–H and O–H groups in total. The van der Waals surface area contributed by atoms with Gasteiger partial charge in [-0.2, -0.15) is 0 Å². The summed E-state index contributed by atoms with van der Waals surface area (Å²) in [5.74, 6) is 1.43. The lowest BCUT2D eigenvalue weighted by atomic mass is 10.1. The monoisotopic (exact) mass is 251 g/mol. The van der Waals surface area contributed by atoms with Gasteiger partial charge in [-0.15, -0.1) is 0 Å². The highest BCUT2D eigenvalue weighted by atomic mass is 16.5. The van der Waals surface area contributed by atoms with Crippen LogP contribution < -0.4 is 10.5 Å². The molecule has 0 bridgehead atoms. The quantitative estimate of drug-likeness (QED) is 0.757. The first-order chi connectivity index (χ1) is 8.50. The number of hydrogen-bond donors (Lipinski definition) is 1. The minimum Gasteiger partial charge on any atom is -0.491 e. The van der Waals surface area contributed by atoms with Crippen LogP contribution in [0.4, 0.5) is 0 Å². The van der Waals surface area contributed by atoms with Gasteiger partial charge in [0, 0.05) is 18.2 Å². The molecule has 0 aliphatic heterocycles. The fourth-order valence-electron chi connectivity index (χ4n) is 1.67. The number of benzene rings is 1. The molecule has 1 aromatic carbocycles. The highest BCUT2D eigenvalue weighted by Gasteiger charge is 2.08. The second-order valence-corrected chi connectivity index (χ2v) is 5.15. The Hall–Kier alpha value is -1.06. The Kier molecular flexibility index (Phi) is 6.16. The van der Waals surface area contributed by atoms with Crippen molar-refractivity contribution in [3.63, 3.8) is 0 Å². The highest BCUT2D eigenvalue weighted by Crippen LogP contribution is 2.24. The smallest absolute Gasteiger partial charge is 0.124 e.